The first kappa shape index (κ1) is 17.0. The molecule has 0 saturated heterocycles. The highest BCUT2D eigenvalue weighted by molar-refractivity contribution is 6.12. The van der Waals surface area contributed by atoms with Gasteiger partial charge in [0.1, 0.15) is 11.3 Å². The second-order valence-electron chi connectivity index (χ2n) is 6.55. The number of nitrogens with zero attached hydrogens (tertiary/aromatic N) is 1. The summed E-state index contributed by atoms with van der Waals surface area (Å²) in [5, 5.41) is 0. The van der Waals surface area contributed by atoms with Gasteiger partial charge in [0.2, 0.25) is 5.89 Å². The molecule has 0 bridgehead atoms. The van der Waals surface area contributed by atoms with Crippen molar-refractivity contribution in [1.82, 2.24) is 4.98 Å². The van der Waals surface area contributed by atoms with Crippen LogP contribution in [0.15, 0.2) is 65.1 Å². The third-order valence-electron chi connectivity index (χ3n) is 4.61. The van der Waals surface area contributed by atoms with E-state index in [-0.39, 0.29) is 5.78 Å². The number of hydrogen-bond donors (Lipinski definition) is 0. The first-order chi connectivity index (χ1) is 13.1. The summed E-state index contributed by atoms with van der Waals surface area (Å²) in [6, 6.07) is 18.6. The van der Waals surface area contributed by atoms with Crippen LogP contribution in [0, 0.1) is 13.8 Å². The van der Waals surface area contributed by atoms with Crippen LogP contribution in [-0.2, 0) is 0 Å². The fraction of sp³-hybridized carbons (Fsp3) is 0.130. The lowest BCUT2D eigenvalue weighted by Crippen LogP contribution is -2.04. The highest BCUT2D eigenvalue weighted by atomic mass is 16.5. The summed E-state index contributed by atoms with van der Waals surface area (Å²) in [4.78, 5) is 17.7. The predicted octanol–water partition coefficient (Wildman–Crippen LogP) is 5.35. The molecule has 4 heteroatoms. The molecule has 27 heavy (non-hydrogen) atoms. The standard InChI is InChI=1S/C23H19NO3/c1-14-7-12-18(21(25)16-8-10-17(26-3)11-9-16)19(13-14)23-24-20-6-4-5-15(2)22(20)27-23/h4-13H,1-3H3. The van der Waals surface area contributed by atoms with Crippen molar-refractivity contribution in [2.24, 2.45) is 0 Å². The number of benzene rings is 3. The van der Waals surface area contributed by atoms with E-state index in [9.17, 15) is 4.79 Å². The van der Waals surface area contributed by atoms with Gasteiger partial charge in [-0.15, -0.1) is 0 Å². The van der Waals surface area contributed by atoms with Crippen LogP contribution >= 0.6 is 0 Å². The van der Waals surface area contributed by atoms with E-state index in [1.807, 2.05) is 50.2 Å². The SMILES string of the molecule is COc1ccc(C(=O)c2ccc(C)cc2-c2nc3cccc(C)c3o2)cc1. The van der Waals surface area contributed by atoms with Crippen LogP contribution in [0.3, 0.4) is 0 Å². The van der Waals surface area contributed by atoms with Gasteiger partial charge < -0.3 is 9.15 Å². The highest BCUT2D eigenvalue weighted by Gasteiger charge is 2.19. The third kappa shape index (κ3) is 3.10. The zero-order valence-corrected chi connectivity index (χ0v) is 15.4. The summed E-state index contributed by atoms with van der Waals surface area (Å²) >= 11 is 0. The number of carbonyl (C=O) groups excluding carboxylic acids is 1. The number of rotatable bonds is 4. The molecule has 0 unspecified atom stereocenters. The monoisotopic (exact) mass is 357 g/mol. The first-order valence-corrected chi connectivity index (χ1v) is 8.73. The fourth-order valence-corrected chi connectivity index (χ4v) is 3.13. The Morgan fingerprint density at radius 3 is 2.48 bits per heavy atom. The van der Waals surface area contributed by atoms with Crippen LogP contribution in [0.25, 0.3) is 22.6 Å². The largest absolute Gasteiger partial charge is 0.497 e. The molecule has 1 aromatic heterocycles. The summed E-state index contributed by atoms with van der Waals surface area (Å²) in [5.41, 5.74) is 5.44. The van der Waals surface area contributed by atoms with Crippen molar-refractivity contribution in [3.05, 3.63) is 82.9 Å². The molecule has 3 aromatic carbocycles. The van der Waals surface area contributed by atoms with Crippen molar-refractivity contribution in [3.63, 3.8) is 0 Å². The number of methoxy groups -OCH3 is 1. The lowest BCUT2D eigenvalue weighted by atomic mass is 9.96. The predicted molar refractivity (Wildman–Crippen MR) is 105 cm³/mol. The molecule has 0 saturated carbocycles. The van der Waals surface area contributed by atoms with Crippen LogP contribution < -0.4 is 4.74 Å². The Kier molecular flexibility index (Phi) is 4.24. The molecule has 134 valence electrons. The van der Waals surface area contributed by atoms with Crippen LogP contribution in [-0.4, -0.2) is 17.9 Å². The van der Waals surface area contributed by atoms with Crippen LogP contribution in [0.5, 0.6) is 5.75 Å². The zero-order chi connectivity index (χ0) is 19.0. The van der Waals surface area contributed by atoms with Crippen molar-refractivity contribution in [2.45, 2.75) is 13.8 Å². The molecular formula is C23H19NO3. The van der Waals surface area contributed by atoms with Gasteiger partial charge in [0, 0.05) is 16.7 Å². The van der Waals surface area contributed by atoms with E-state index in [1.165, 1.54) is 0 Å². The number of hydrogen-bond acceptors (Lipinski definition) is 4. The number of carbonyl (C=O) groups is 1. The minimum absolute atomic E-state index is 0.0772. The molecule has 0 atom stereocenters. The Hall–Kier alpha value is -3.40. The summed E-state index contributed by atoms with van der Waals surface area (Å²) in [6.45, 7) is 3.97. The van der Waals surface area contributed by atoms with Crippen molar-refractivity contribution < 1.29 is 13.9 Å². The molecule has 0 N–H and O–H groups in total. The molecule has 0 spiro atoms. The van der Waals surface area contributed by atoms with E-state index in [1.54, 1.807) is 31.4 Å². The maximum absolute atomic E-state index is 13.1. The molecular weight excluding hydrogens is 338 g/mol. The van der Waals surface area contributed by atoms with E-state index in [0.29, 0.717) is 28.3 Å². The lowest BCUT2D eigenvalue weighted by molar-refractivity contribution is 0.103. The van der Waals surface area contributed by atoms with Crippen molar-refractivity contribution in [2.75, 3.05) is 7.11 Å². The third-order valence-corrected chi connectivity index (χ3v) is 4.61. The highest BCUT2D eigenvalue weighted by Crippen LogP contribution is 2.31. The lowest BCUT2D eigenvalue weighted by Gasteiger charge is -2.08. The quantitative estimate of drug-likeness (QED) is 0.462. The van der Waals surface area contributed by atoms with Crippen LogP contribution in [0.1, 0.15) is 27.0 Å². The second-order valence-corrected chi connectivity index (χ2v) is 6.55. The Bertz CT molecular complexity index is 1140. The number of ketones is 1. The Labute approximate surface area is 157 Å². The molecule has 0 radical (unpaired) electrons. The smallest absolute Gasteiger partial charge is 0.228 e. The minimum atomic E-state index is -0.0772. The van der Waals surface area contributed by atoms with E-state index in [2.05, 4.69) is 4.98 Å². The van der Waals surface area contributed by atoms with E-state index in [0.717, 1.165) is 22.2 Å². The average molecular weight is 357 g/mol. The molecule has 1 heterocycles. The molecule has 4 aromatic rings. The average Bonchev–Trinajstić information content (AvgIpc) is 3.13. The van der Waals surface area contributed by atoms with E-state index in [4.69, 9.17) is 9.15 Å². The summed E-state index contributed by atoms with van der Waals surface area (Å²) in [5.74, 6) is 1.09. The van der Waals surface area contributed by atoms with Gasteiger partial charge >= 0.3 is 0 Å². The molecule has 0 aliphatic rings. The Balaban J connectivity index is 1.84. The van der Waals surface area contributed by atoms with E-state index >= 15 is 0 Å². The second kappa shape index (κ2) is 6.72. The van der Waals surface area contributed by atoms with E-state index < -0.39 is 0 Å². The number of aryl methyl sites for hydroxylation is 2. The van der Waals surface area contributed by atoms with Crippen LogP contribution in [0.4, 0.5) is 0 Å². The van der Waals surface area contributed by atoms with Gasteiger partial charge in [-0.05, 0) is 61.9 Å². The van der Waals surface area contributed by atoms with Gasteiger partial charge in [0.15, 0.2) is 11.4 Å². The Morgan fingerprint density at radius 1 is 1.00 bits per heavy atom. The van der Waals surface area contributed by atoms with Gasteiger partial charge in [0.05, 0.1) is 7.11 Å². The molecule has 0 fully saturated rings. The molecule has 0 amide bonds. The summed E-state index contributed by atoms with van der Waals surface area (Å²) in [6.07, 6.45) is 0. The molecule has 0 aliphatic carbocycles. The van der Waals surface area contributed by atoms with Gasteiger partial charge in [-0.2, -0.15) is 0 Å². The number of fused-ring (bicyclic) bond motifs is 1. The maximum atomic E-state index is 13.1. The number of ether oxygens (including phenoxy) is 1. The van der Waals surface area contributed by atoms with Gasteiger partial charge in [-0.3, -0.25) is 4.79 Å². The van der Waals surface area contributed by atoms with Crippen molar-refractivity contribution >= 4 is 16.9 Å². The van der Waals surface area contributed by atoms with Gasteiger partial charge in [-0.25, -0.2) is 4.98 Å². The zero-order valence-electron chi connectivity index (χ0n) is 15.4. The topological polar surface area (TPSA) is 52.3 Å². The summed E-state index contributed by atoms with van der Waals surface area (Å²) in [7, 11) is 1.60. The first-order valence-electron chi connectivity index (χ1n) is 8.73. The molecule has 4 nitrogen and oxygen atoms in total. The Morgan fingerprint density at radius 2 is 1.78 bits per heavy atom. The maximum Gasteiger partial charge on any atom is 0.228 e. The van der Waals surface area contributed by atoms with Gasteiger partial charge in [0.25, 0.3) is 0 Å². The minimum Gasteiger partial charge on any atom is -0.497 e. The van der Waals surface area contributed by atoms with Crippen molar-refractivity contribution in [3.8, 4) is 17.2 Å². The normalized spacial score (nSPS) is 10.9. The number of para-hydroxylation sites is 1. The van der Waals surface area contributed by atoms with Crippen molar-refractivity contribution in [1.29, 1.82) is 0 Å². The molecule has 4 rings (SSSR count). The fourth-order valence-electron chi connectivity index (χ4n) is 3.13. The molecule has 0 aliphatic heterocycles. The van der Waals surface area contributed by atoms with Crippen LogP contribution in [0.2, 0.25) is 0 Å². The van der Waals surface area contributed by atoms with Gasteiger partial charge in [-0.1, -0.05) is 23.8 Å². The number of aromatic nitrogens is 1. The number of oxazole rings is 1. The summed E-state index contributed by atoms with van der Waals surface area (Å²) < 4.78 is 11.2.